The number of halogens is 1. The van der Waals surface area contributed by atoms with Crippen LogP contribution in [0, 0.1) is 6.92 Å². The first-order valence-electron chi connectivity index (χ1n) is 9.05. The maximum Gasteiger partial charge on any atom is 0.258 e. The molecule has 2 aromatic rings. The van der Waals surface area contributed by atoms with Gasteiger partial charge in [-0.25, -0.2) is 0 Å². The predicted molar refractivity (Wildman–Crippen MR) is 107 cm³/mol. The summed E-state index contributed by atoms with van der Waals surface area (Å²) in [7, 11) is 0. The van der Waals surface area contributed by atoms with Gasteiger partial charge in [-0.3, -0.25) is 9.69 Å². The maximum atomic E-state index is 12.1. The van der Waals surface area contributed by atoms with Gasteiger partial charge in [-0.15, -0.1) is 0 Å². The molecule has 0 aliphatic carbocycles. The molecule has 0 saturated carbocycles. The van der Waals surface area contributed by atoms with Crippen molar-refractivity contribution in [3.63, 3.8) is 0 Å². The molecule has 138 valence electrons. The van der Waals surface area contributed by atoms with Gasteiger partial charge in [-0.1, -0.05) is 40.2 Å². The van der Waals surface area contributed by atoms with Crippen LogP contribution in [0.25, 0.3) is 0 Å². The maximum absolute atomic E-state index is 12.1. The van der Waals surface area contributed by atoms with Gasteiger partial charge in [-0.05, 0) is 55.2 Å². The Morgan fingerprint density at radius 2 is 1.85 bits per heavy atom. The van der Waals surface area contributed by atoms with Crippen LogP contribution in [0.1, 0.15) is 24.0 Å². The zero-order valence-electron chi connectivity index (χ0n) is 15.1. The molecule has 0 unspecified atom stereocenters. The van der Waals surface area contributed by atoms with E-state index in [9.17, 15) is 4.79 Å². The third-order valence-corrected chi connectivity index (χ3v) is 5.32. The minimum Gasteiger partial charge on any atom is -0.484 e. The van der Waals surface area contributed by atoms with Crippen LogP contribution in [0.5, 0.6) is 5.75 Å². The van der Waals surface area contributed by atoms with Crippen LogP contribution in [0.15, 0.2) is 53.0 Å². The van der Waals surface area contributed by atoms with Gasteiger partial charge in [0, 0.05) is 30.1 Å². The average Bonchev–Trinajstić information content (AvgIpc) is 2.65. The van der Waals surface area contributed by atoms with Crippen molar-refractivity contribution in [1.82, 2.24) is 10.2 Å². The van der Waals surface area contributed by atoms with Gasteiger partial charge in [0.1, 0.15) is 5.75 Å². The molecule has 26 heavy (non-hydrogen) atoms. The molecule has 0 spiro atoms. The van der Waals surface area contributed by atoms with Crippen molar-refractivity contribution in [2.75, 3.05) is 19.7 Å². The highest BCUT2D eigenvalue weighted by atomic mass is 79.9. The highest BCUT2D eigenvalue weighted by Crippen LogP contribution is 2.17. The van der Waals surface area contributed by atoms with Gasteiger partial charge in [0.25, 0.3) is 5.91 Å². The van der Waals surface area contributed by atoms with Crippen molar-refractivity contribution >= 4 is 21.8 Å². The Morgan fingerprint density at radius 3 is 2.54 bits per heavy atom. The molecule has 0 radical (unpaired) electrons. The number of ether oxygens (including phenoxy) is 1. The highest BCUT2D eigenvalue weighted by molar-refractivity contribution is 9.10. The number of rotatable bonds is 6. The summed E-state index contributed by atoms with van der Waals surface area (Å²) in [6.45, 7) is 5.22. The van der Waals surface area contributed by atoms with Gasteiger partial charge >= 0.3 is 0 Å². The molecule has 3 rings (SSSR count). The monoisotopic (exact) mass is 416 g/mol. The van der Waals surface area contributed by atoms with E-state index in [1.54, 1.807) is 0 Å². The second kappa shape index (κ2) is 9.19. The number of likely N-dealkylation sites (tertiary alicyclic amines) is 1. The van der Waals surface area contributed by atoms with Crippen LogP contribution in [-0.4, -0.2) is 36.5 Å². The normalized spacial score (nSPS) is 15.6. The Balaban J connectivity index is 1.38. The molecule has 1 fully saturated rings. The van der Waals surface area contributed by atoms with Crippen LogP contribution in [-0.2, 0) is 11.3 Å². The number of aryl methyl sites for hydroxylation is 1. The quantitative estimate of drug-likeness (QED) is 0.775. The summed E-state index contributed by atoms with van der Waals surface area (Å²) in [5.74, 6) is 0.654. The number of nitrogens with zero attached hydrogens (tertiary/aromatic N) is 1. The van der Waals surface area contributed by atoms with Gasteiger partial charge in [0.15, 0.2) is 6.61 Å². The number of benzene rings is 2. The van der Waals surface area contributed by atoms with Crippen molar-refractivity contribution < 1.29 is 9.53 Å². The largest absolute Gasteiger partial charge is 0.484 e. The summed E-state index contributed by atoms with van der Waals surface area (Å²) in [6, 6.07) is 16.3. The smallest absolute Gasteiger partial charge is 0.258 e. The molecule has 1 saturated heterocycles. The van der Waals surface area contributed by atoms with Crippen molar-refractivity contribution in [3.05, 3.63) is 64.1 Å². The van der Waals surface area contributed by atoms with E-state index in [2.05, 4.69) is 57.3 Å². The molecule has 1 aliphatic heterocycles. The number of piperidine rings is 1. The molecule has 1 amide bonds. The third kappa shape index (κ3) is 5.58. The van der Waals surface area contributed by atoms with Crippen LogP contribution < -0.4 is 10.1 Å². The zero-order chi connectivity index (χ0) is 18.4. The van der Waals surface area contributed by atoms with Crippen molar-refractivity contribution in [2.45, 2.75) is 32.4 Å². The van der Waals surface area contributed by atoms with Crippen molar-refractivity contribution in [2.24, 2.45) is 0 Å². The van der Waals surface area contributed by atoms with Gasteiger partial charge < -0.3 is 10.1 Å². The van der Waals surface area contributed by atoms with Crippen LogP contribution in [0.4, 0.5) is 0 Å². The molecule has 0 bridgehead atoms. The summed E-state index contributed by atoms with van der Waals surface area (Å²) >= 11 is 3.38. The summed E-state index contributed by atoms with van der Waals surface area (Å²) in [4.78, 5) is 14.6. The predicted octanol–water partition coefficient (Wildman–Crippen LogP) is 3.92. The molecule has 1 N–H and O–H groups in total. The number of nitrogens with one attached hydrogen (secondary N) is 1. The van der Waals surface area contributed by atoms with E-state index in [0.29, 0.717) is 5.75 Å². The van der Waals surface area contributed by atoms with Crippen molar-refractivity contribution in [1.29, 1.82) is 0 Å². The summed E-state index contributed by atoms with van der Waals surface area (Å²) < 4.78 is 6.53. The van der Waals surface area contributed by atoms with Gasteiger partial charge in [0.2, 0.25) is 0 Å². The lowest BCUT2D eigenvalue weighted by Gasteiger charge is -2.32. The molecular formula is C21H25BrN2O2. The number of hydrogen-bond donors (Lipinski definition) is 1. The number of carbonyl (C=O) groups excluding carboxylic acids is 1. The first-order valence-corrected chi connectivity index (χ1v) is 9.84. The minimum atomic E-state index is -0.0507. The molecular weight excluding hydrogens is 392 g/mol. The second-order valence-electron chi connectivity index (χ2n) is 6.79. The highest BCUT2D eigenvalue weighted by Gasteiger charge is 2.21. The van der Waals surface area contributed by atoms with Crippen LogP contribution >= 0.6 is 15.9 Å². The molecule has 0 atom stereocenters. The molecule has 2 aromatic carbocycles. The Hall–Kier alpha value is -1.85. The van der Waals surface area contributed by atoms with E-state index < -0.39 is 0 Å². The van der Waals surface area contributed by atoms with E-state index in [1.165, 1.54) is 11.1 Å². The third-order valence-electron chi connectivity index (χ3n) is 4.79. The lowest BCUT2D eigenvalue weighted by atomic mass is 10.0. The Kier molecular flexibility index (Phi) is 6.69. The summed E-state index contributed by atoms with van der Waals surface area (Å²) in [6.07, 6.45) is 1.96. The minimum absolute atomic E-state index is 0.0507. The number of carbonyl (C=O) groups is 1. The van der Waals surface area contributed by atoms with E-state index in [-0.39, 0.29) is 18.6 Å². The lowest BCUT2D eigenvalue weighted by molar-refractivity contribution is -0.124. The first-order chi connectivity index (χ1) is 12.6. The zero-order valence-corrected chi connectivity index (χ0v) is 16.7. The molecule has 0 aromatic heterocycles. The molecule has 4 nitrogen and oxygen atoms in total. The SMILES string of the molecule is Cc1ccccc1CN1CCC(NC(=O)COc2ccc(Br)cc2)CC1. The fourth-order valence-electron chi connectivity index (χ4n) is 3.21. The second-order valence-corrected chi connectivity index (χ2v) is 7.70. The van der Waals surface area contributed by atoms with E-state index in [1.807, 2.05) is 24.3 Å². The molecule has 1 aliphatic rings. The fourth-order valence-corrected chi connectivity index (χ4v) is 3.48. The number of amides is 1. The average molecular weight is 417 g/mol. The Labute approximate surface area is 163 Å². The van der Waals surface area contributed by atoms with Gasteiger partial charge in [-0.2, -0.15) is 0 Å². The van der Waals surface area contributed by atoms with E-state index in [4.69, 9.17) is 4.74 Å². The van der Waals surface area contributed by atoms with Crippen molar-refractivity contribution in [3.8, 4) is 5.75 Å². The first kappa shape index (κ1) is 18.9. The Bertz CT molecular complexity index is 725. The van der Waals surface area contributed by atoms with Gasteiger partial charge in [0.05, 0.1) is 0 Å². The topological polar surface area (TPSA) is 41.6 Å². The van der Waals surface area contributed by atoms with Crippen LogP contribution in [0.3, 0.4) is 0 Å². The summed E-state index contributed by atoms with van der Waals surface area (Å²) in [5, 5.41) is 3.10. The number of hydrogen-bond acceptors (Lipinski definition) is 3. The fraction of sp³-hybridized carbons (Fsp3) is 0.381. The van der Waals surface area contributed by atoms with E-state index in [0.717, 1.165) is 36.9 Å². The van der Waals surface area contributed by atoms with Crippen LogP contribution in [0.2, 0.25) is 0 Å². The molecule has 1 heterocycles. The Morgan fingerprint density at radius 1 is 1.15 bits per heavy atom. The summed E-state index contributed by atoms with van der Waals surface area (Å²) in [5.41, 5.74) is 2.73. The standard InChI is InChI=1S/C21H25BrN2O2/c1-16-4-2-3-5-17(16)14-24-12-10-19(11-13-24)23-21(25)15-26-20-8-6-18(22)7-9-20/h2-9,19H,10-15H2,1H3,(H,23,25). The van der Waals surface area contributed by atoms with E-state index >= 15 is 0 Å². The molecule has 5 heteroatoms. The lowest BCUT2D eigenvalue weighted by Crippen LogP contribution is -2.45.